The predicted octanol–water partition coefficient (Wildman–Crippen LogP) is 2.43. The summed E-state index contributed by atoms with van der Waals surface area (Å²) in [6.45, 7) is 0. The minimum atomic E-state index is -1.64. The van der Waals surface area contributed by atoms with Gasteiger partial charge < -0.3 is 15.2 Å². The van der Waals surface area contributed by atoms with Crippen molar-refractivity contribution in [3.63, 3.8) is 0 Å². The summed E-state index contributed by atoms with van der Waals surface area (Å²) < 4.78 is 10.8. The summed E-state index contributed by atoms with van der Waals surface area (Å²) in [5.41, 5.74) is 3.94. The Morgan fingerprint density at radius 2 is 1.83 bits per heavy atom. The van der Waals surface area contributed by atoms with E-state index in [1.807, 2.05) is 0 Å². The van der Waals surface area contributed by atoms with Gasteiger partial charge >= 0.3 is 0 Å². The van der Waals surface area contributed by atoms with Crippen LogP contribution in [0.25, 0.3) is 0 Å². The zero-order valence-corrected chi connectivity index (χ0v) is 13.8. The van der Waals surface area contributed by atoms with Crippen LogP contribution in [0.3, 0.4) is 0 Å². The standard InChI is InChI=1S/C15H12Cl2N4O2/c1-22-15(23-2)14(7-19)11(13(14,6-18)12(20)21-15)8-3-4-9(16)10(17)5-8/h3-5,11H,1-2H3,(H2,20,21). The molecular weight excluding hydrogens is 339 g/mol. The molecule has 1 saturated carbocycles. The number of amidine groups is 1. The molecule has 3 rings (SSSR count). The van der Waals surface area contributed by atoms with Gasteiger partial charge in [0, 0.05) is 20.1 Å². The van der Waals surface area contributed by atoms with Gasteiger partial charge in [0.15, 0.2) is 5.41 Å². The van der Waals surface area contributed by atoms with Crippen LogP contribution in [0.1, 0.15) is 11.5 Å². The SMILES string of the molecule is COC1(OC)N=C(N)C2(C#N)C(c3ccc(Cl)c(Cl)c3)C12C#N. The van der Waals surface area contributed by atoms with E-state index in [4.69, 9.17) is 38.4 Å². The number of hydrogen-bond donors (Lipinski definition) is 1. The maximum Gasteiger partial charge on any atom is 0.292 e. The number of nitriles is 2. The summed E-state index contributed by atoms with van der Waals surface area (Å²) in [5, 5.41) is 20.4. The van der Waals surface area contributed by atoms with E-state index in [0.29, 0.717) is 15.6 Å². The molecule has 0 spiro atoms. The maximum absolute atomic E-state index is 9.89. The molecule has 0 radical (unpaired) electrons. The highest BCUT2D eigenvalue weighted by molar-refractivity contribution is 6.42. The van der Waals surface area contributed by atoms with Crippen molar-refractivity contribution in [2.24, 2.45) is 21.6 Å². The van der Waals surface area contributed by atoms with Crippen LogP contribution in [-0.4, -0.2) is 26.0 Å². The van der Waals surface area contributed by atoms with E-state index in [2.05, 4.69) is 17.1 Å². The molecule has 6 nitrogen and oxygen atoms in total. The lowest BCUT2D eigenvalue weighted by Gasteiger charge is -2.29. The molecule has 1 aliphatic heterocycles. The average Bonchev–Trinajstić information content (AvgIpc) is 3.13. The molecule has 1 aliphatic carbocycles. The number of benzene rings is 1. The summed E-state index contributed by atoms with van der Waals surface area (Å²) in [7, 11) is 2.72. The van der Waals surface area contributed by atoms with Crippen LogP contribution in [0.15, 0.2) is 23.2 Å². The first-order valence-electron chi connectivity index (χ1n) is 6.64. The highest BCUT2D eigenvalue weighted by atomic mass is 35.5. The number of aliphatic imine (C=N–C) groups is 1. The van der Waals surface area contributed by atoms with Crippen molar-refractivity contribution in [1.82, 2.24) is 0 Å². The molecule has 8 heteroatoms. The largest absolute Gasteiger partial charge is 0.386 e. The van der Waals surface area contributed by atoms with Crippen LogP contribution in [0.5, 0.6) is 0 Å². The number of halogens is 2. The number of fused-ring (bicyclic) bond motifs is 1. The van der Waals surface area contributed by atoms with Crippen molar-refractivity contribution < 1.29 is 9.47 Å². The lowest BCUT2D eigenvalue weighted by atomic mass is 9.93. The second-order valence-electron chi connectivity index (χ2n) is 5.43. The first kappa shape index (κ1) is 16.0. The first-order chi connectivity index (χ1) is 10.9. The molecule has 118 valence electrons. The average molecular weight is 351 g/mol. The van der Waals surface area contributed by atoms with Crippen LogP contribution in [0, 0.1) is 33.5 Å². The molecule has 1 fully saturated rings. The number of ether oxygens (including phenoxy) is 2. The summed E-state index contributed by atoms with van der Waals surface area (Å²) in [6.07, 6.45) is 0. The van der Waals surface area contributed by atoms with Gasteiger partial charge in [-0.25, -0.2) is 4.99 Å². The third kappa shape index (κ3) is 1.52. The van der Waals surface area contributed by atoms with Crippen molar-refractivity contribution in [2.75, 3.05) is 14.2 Å². The molecule has 0 saturated heterocycles. The minimum Gasteiger partial charge on any atom is -0.386 e. The van der Waals surface area contributed by atoms with Crippen LogP contribution < -0.4 is 5.73 Å². The molecule has 2 N–H and O–H groups in total. The zero-order chi connectivity index (χ0) is 17.0. The van der Waals surface area contributed by atoms with Crippen molar-refractivity contribution in [2.45, 2.75) is 11.8 Å². The molecule has 1 aromatic rings. The van der Waals surface area contributed by atoms with Crippen LogP contribution in [0.2, 0.25) is 10.0 Å². The van der Waals surface area contributed by atoms with E-state index in [-0.39, 0.29) is 5.84 Å². The Morgan fingerprint density at radius 3 is 2.30 bits per heavy atom. The Morgan fingerprint density at radius 1 is 1.17 bits per heavy atom. The second-order valence-corrected chi connectivity index (χ2v) is 6.25. The molecule has 3 unspecified atom stereocenters. The van der Waals surface area contributed by atoms with E-state index in [1.165, 1.54) is 14.2 Å². The van der Waals surface area contributed by atoms with Crippen LogP contribution >= 0.6 is 23.2 Å². The predicted molar refractivity (Wildman–Crippen MR) is 83.7 cm³/mol. The van der Waals surface area contributed by atoms with Crippen molar-refractivity contribution in [3.05, 3.63) is 33.8 Å². The Kier molecular flexibility index (Phi) is 3.37. The Balaban J connectivity index is 2.25. The van der Waals surface area contributed by atoms with Gasteiger partial charge in [-0.1, -0.05) is 29.3 Å². The third-order valence-electron chi connectivity index (χ3n) is 4.76. The summed E-state index contributed by atoms with van der Waals surface area (Å²) in [5.74, 6) is -2.21. The lowest BCUT2D eigenvalue weighted by molar-refractivity contribution is -0.230. The van der Waals surface area contributed by atoms with E-state index < -0.39 is 22.7 Å². The summed E-state index contributed by atoms with van der Waals surface area (Å²) >= 11 is 12.0. The zero-order valence-electron chi connectivity index (χ0n) is 12.3. The molecule has 23 heavy (non-hydrogen) atoms. The Bertz CT molecular complexity index is 809. The molecule has 3 atom stereocenters. The summed E-state index contributed by atoms with van der Waals surface area (Å²) in [6, 6.07) is 9.25. The smallest absolute Gasteiger partial charge is 0.292 e. The van der Waals surface area contributed by atoms with Crippen molar-refractivity contribution in [1.29, 1.82) is 10.5 Å². The fourth-order valence-corrected chi connectivity index (χ4v) is 4.02. The maximum atomic E-state index is 9.89. The highest BCUT2D eigenvalue weighted by Gasteiger charge is 2.93. The highest BCUT2D eigenvalue weighted by Crippen LogP contribution is 2.81. The van der Waals surface area contributed by atoms with Gasteiger partial charge in [-0.3, -0.25) is 0 Å². The number of nitrogens with zero attached hydrogens (tertiary/aromatic N) is 3. The van der Waals surface area contributed by atoms with Gasteiger partial charge in [-0.2, -0.15) is 10.5 Å². The quantitative estimate of drug-likeness (QED) is 0.842. The molecule has 0 aromatic heterocycles. The topological polar surface area (TPSA) is 104 Å². The number of hydrogen-bond acceptors (Lipinski definition) is 6. The molecule has 1 aromatic carbocycles. The lowest BCUT2D eigenvalue weighted by Crippen LogP contribution is -2.41. The van der Waals surface area contributed by atoms with Crippen molar-refractivity contribution in [3.8, 4) is 12.1 Å². The second kappa shape index (κ2) is 4.83. The molecular formula is C15H12Cl2N4O2. The minimum absolute atomic E-state index is 0.0151. The first-order valence-corrected chi connectivity index (χ1v) is 7.40. The van der Waals surface area contributed by atoms with E-state index >= 15 is 0 Å². The molecule has 2 aliphatic rings. The molecule has 0 bridgehead atoms. The van der Waals surface area contributed by atoms with Gasteiger partial charge in [-0.15, -0.1) is 0 Å². The monoisotopic (exact) mass is 350 g/mol. The van der Waals surface area contributed by atoms with Gasteiger partial charge in [0.25, 0.3) is 5.91 Å². The van der Waals surface area contributed by atoms with Gasteiger partial charge in [-0.05, 0) is 17.7 Å². The fourth-order valence-electron chi connectivity index (χ4n) is 3.71. The Hall–Kier alpha value is -1.83. The van der Waals surface area contributed by atoms with Gasteiger partial charge in [0.1, 0.15) is 11.3 Å². The van der Waals surface area contributed by atoms with Crippen LogP contribution in [-0.2, 0) is 9.47 Å². The normalized spacial score (nSPS) is 33.3. The van der Waals surface area contributed by atoms with E-state index in [1.54, 1.807) is 18.2 Å². The van der Waals surface area contributed by atoms with Gasteiger partial charge in [0.05, 0.1) is 22.2 Å². The number of rotatable bonds is 3. The molecule has 1 heterocycles. The number of methoxy groups -OCH3 is 2. The molecule has 0 amide bonds. The fraction of sp³-hybridized carbons (Fsp3) is 0.400. The van der Waals surface area contributed by atoms with E-state index in [9.17, 15) is 10.5 Å². The van der Waals surface area contributed by atoms with Crippen LogP contribution in [0.4, 0.5) is 0 Å². The third-order valence-corrected chi connectivity index (χ3v) is 5.50. The number of nitrogens with two attached hydrogens (primary N) is 1. The van der Waals surface area contributed by atoms with E-state index in [0.717, 1.165) is 0 Å². The van der Waals surface area contributed by atoms with Gasteiger partial charge in [0.2, 0.25) is 0 Å². The van der Waals surface area contributed by atoms with Crippen molar-refractivity contribution >= 4 is 29.0 Å². The Labute approximate surface area is 143 Å². The summed E-state index contributed by atoms with van der Waals surface area (Å²) in [4.78, 5) is 4.14.